The summed E-state index contributed by atoms with van der Waals surface area (Å²) in [5.41, 5.74) is 2.31. The molecule has 36 heavy (non-hydrogen) atoms. The number of nitrogens with one attached hydrogen (secondary N) is 1. The first-order valence-corrected chi connectivity index (χ1v) is 12.6. The van der Waals surface area contributed by atoms with E-state index in [0.29, 0.717) is 51.1 Å². The van der Waals surface area contributed by atoms with Gasteiger partial charge in [-0.1, -0.05) is 25.1 Å². The molecule has 0 saturated carbocycles. The van der Waals surface area contributed by atoms with Crippen molar-refractivity contribution in [3.8, 4) is 40.6 Å². The maximum absolute atomic E-state index is 12.1. The molecule has 0 radical (unpaired) electrons. The fourth-order valence-corrected chi connectivity index (χ4v) is 4.24. The van der Waals surface area contributed by atoms with Crippen LogP contribution in [0, 0.1) is 11.3 Å². The SMILES string of the molecule is CCS(=O)(=O)c1ccc(Oc2cc3[nH]c(-c4ccccn4)nc3cc2Oc2ccccc2C#N)cn1. The van der Waals surface area contributed by atoms with Gasteiger partial charge in [0.05, 0.1) is 28.5 Å². The molecule has 5 rings (SSSR count). The van der Waals surface area contributed by atoms with Crippen LogP contribution in [0.25, 0.3) is 22.6 Å². The van der Waals surface area contributed by atoms with Gasteiger partial charge in [0.2, 0.25) is 0 Å². The number of rotatable bonds is 7. The molecule has 3 heterocycles. The molecule has 178 valence electrons. The van der Waals surface area contributed by atoms with Gasteiger partial charge in [0.1, 0.15) is 23.3 Å². The van der Waals surface area contributed by atoms with Crippen molar-refractivity contribution in [3.63, 3.8) is 0 Å². The molecule has 0 unspecified atom stereocenters. The minimum atomic E-state index is -3.44. The summed E-state index contributed by atoms with van der Waals surface area (Å²) in [5.74, 6) is 1.82. The van der Waals surface area contributed by atoms with E-state index in [-0.39, 0.29) is 10.8 Å². The monoisotopic (exact) mass is 497 g/mol. The first kappa shape index (κ1) is 23.0. The lowest BCUT2D eigenvalue weighted by Gasteiger charge is -2.13. The number of nitrogens with zero attached hydrogens (tertiary/aromatic N) is 4. The maximum atomic E-state index is 12.1. The number of pyridine rings is 2. The second kappa shape index (κ2) is 9.48. The average molecular weight is 498 g/mol. The number of hydrogen-bond acceptors (Lipinski definition) is 8. The normalized spacial score (nSPS) is 11.2. The second-order valence-corrected chi connectivity index (χ2v) is 9.89. The Labute approximate surface area is 206 Å². The lowest BCUT2D eigenvalue weighted by molar-refractivity contribution is 0.417. The van der Waals surface area contributed by atoms with Gasteiger partial charge in [0.25, 0.3) is 0 Å². The number of aromatic amines is 1. The molecule has 0 fully saturated rings. The Morgan fingerprint density at radius 2 is 1.75 bits per heavy atom. The van der Waals surface area contributed by atoms with Crippen LogP contribution in [0.1, 0.15) is 12.5 Å². The molecule has 5 aromatic rings. The van der Waals surface area contributed by atoms with Crippen LogP contribution in [0.3, 0.4) is 0 Å². The van der Waals surface area contributed by atoms with Crippen LogP contribution < -0.4 is 9.47 Å². The third kappa shape index (κ3) is 4.60. The van der Waals surface area contributed by atoms with E-state index in [0.717, 1.165) is 0 Å². The van der Waals surface area contributed by atoms with E-state index in [4.69, 9.17) is 9.47 Å². The Morgan fingerprint density at radius 1 is 0.944 bits per heavy atom. The molecule has 0 aliphatic carbocycles. The number of sulfone groups is 1. The van der Waals surface area contributed by atoms with Crippen LogP contribution >= 0.6 is 0 Å². The number of imidazole rings is 1. The lowest BCUT2D eigenvalue weighted by atomic mass is 10.2. The first-order chi connectivity index (χ1) is 17.5. The van der Waals surface area contributed by atoms with Gasteiger partial charge in [-0.2, -0.15) is 5.26 Å². The zero-order valence-electron chi connectivity index (χ0n) is 19.0. The summed E-state index contributed by atoms with van der Waals surface area (Å²) in [5, 5.41) is 9.44. The van der Waals surface area contributed by atoms with E-state index in [9.17, 15) is 13.7 Å². The molecule has 0 amide bonds. The fourth-order valence-electron chi connectivity index (χ4n) is 3.45. The molecule has 10 heteroatoms. The highest BCUT2D eigenvalue weighted by Crippen LogP contribution is 2.39. The summed E-state index contributed by atoms with van der Waals surface area (Å²) in [6.07, 6.45) is 3.02. The Morgan fingerprint density at radius 3 is 2.47 bits per heavy atom. The standard InChI is InChI=1S/C26H19N5O4S/c1-2-36(32,33)25-11-10-18(16-29-25)34-23-13-20-21(31-26(30-20)19-8-5-6-12-28-19)14-24(23)35-22-9-4-3-7-17(22)15-27/h3-14,16H,2H2,1H3,(H,30,31). The molecule has 0 saturated heterocycles. The van der Waals surface area contributed by atoms with Crippen LogP contribution in [-0.2, 0) is 9.84 Å². The molecule has 0 aliphatic rings. The summed E-state index contributed by atoms with van der Waals surface area (Å²) < 4.78 is 36.3. The number of nitriles is 1. The quantitative estimate of drug-likeness (QED) is 0.322. The Bertz CT molecular complexity index is 1690. The van der Waals surface area contributed by atoms with Crippen molar-refractivity contribution in [1.82, 2.24) is 19.9 Å². The number of benzene rings is 2. The van der Waals surface area contributed by atoms with Crippen molar-refractivity contribution < 1.29 is 17.9 Å². The van der Waals surface area contributed by atoms with Crippen LogP contribution in [0.2, 0.25) is 0 Å². The second-order valence-electron chi connectivity index (χ2n) is 7.66. The third-order valence-corrected chi connectivity index (χ3v) is 6.96. The van der Waals surface area contributed by atoms with Crippen molar-refractivity contribution in [2.24, 2.45) is 0 Å². The summed E-state index contributed by atoms with van der Waals surface area (Å²) >= 11 is 0. The predicted molar refractivity (Wildman–Crippen MR) is 133 cm³/mol. The summed E-state index contributed by atoms with van der Waals surface area (Å²) in [6, 6.07) is 20.8. The van der Waals surface area contributed by atoms with E-state index in [1.165, 1.54) is 18.3 Å². The van der Waals surface area contributed by atoms with Crippen LogP contribution in [0.4, 0.5) is 0 Å². The fraction of sp³-hybridized carbons (Fsp3) is 0.0769. The first-order valence-electron chi connectivity index (χ1n) is 11.0. The van der Waals surface area contributed by atoms with Crippen molar-refractivity contribution in [3.05, 3.63) is 84.7 Å². The van der Waals surface area contributed by atoms with E-state index in [2.05, 4.69) is 26.0 Å². The van der Waals surface area contributed by atoms with Gasteiger partial charge in [-0.3, -0.25) is 4.98 Å². The average Bonchev–Trinajstić information content (AvgIpc) is 3.33. The van der Waals surface area contributed by atoms with Crippen LogP contribution in [-0.4, -0.2) is 34.1 Å². The zero-order valence-corrected chi connectivity index (χ0v) is 19.9. The molecule has 9 nitrogen and oxygen atoms in total. The molecule has 3 aromatic heterocycles. The highest BCUT2D eigenvalue weighted by Gasteiger charge is 2.17. The number of para-hydroxylation sites is 1. The van der Waals surface area contributed by atoms with Gasteiger partial charge in [-0.15, -0.1) is 0 Å². The largest absolute Gasteiger partial charge is 0.452 e. The molecule has 0 bridgehead atoms. The highest BCUT2D eigenvalue weighted by atomic mass is 32.2. The lowest BCUT2D eigenvalue weighted by Crippen LogP contribution is -2.05. The van der Waals surface area contributed by atoms with Gasteiger partial charge in [0.15, 0.2) is 32.2 Å². The van der Waals surface area contributed by atoms with Crippen LogP contribution in [0.15, 0.2) is 84.1 Å². The van der Waals surface area contributed by atoms with Gasteiger partial charge in [-0.25, -0.2) is 18.4 Å². The smallest absolute Gasteiger partial charge is 0.195 e. The Hall–Kier alpha value is -4.75. The molecular weight excluding hydrogens is 478 g/mol. The Balaban J connectivity index is 1.57. The van der Waals surface area contributed by atoms with Crippen molar-refractivity contribution in [2.75, 3.05) is 5.75 Å². The van der Waals surface area contributed by atoms with Crippen LogP contribution in [0.5, 0.6) is 23.0 Å². The molecule has 1 N–H and O–H groups in total. The van der Waals surface area contributed by atoms with Crippen molar-refractivity contribution >= 4 is 20.9 Å². The number of ether oxygens (including phenoxy) is 2. The van der Waals surface area contributed by atoms with Gasteiger partial charge < -0.3 is 14.5 Å². The number of H-pyrrole nitrogens is 1. The predicted octanol–water partition coefficient (Wildman–Crippen LogP) is 5.27. The summed E-state index contributed by atoms with van der Waals surface area (Å²) in [7, 11) is -3.44. The minimum Gasteiger partial charge on any atom is -0.452 e. The molecule has 0 atom stereocenters. The van der Waals surface area contributed by atoms with E-state index >= 15 is 0 Å². The highest BCUT2D eigenvalue weighted by molar-refractivity contribution is 7.91. The minimum absolute atomic E-state index is 0.0270. The summed E-state index contributed by atoms with van der Waals surface area (Å²) in [4.78, 5) is 16.2. The maximum Gasteiger partial charge on any atom is 0.195 e. The van der Waals surface area contributed by atoms with E-state index in [1.807, 2.05) is 18.2 Å². The van der Waals surface area contributed by atoms with Gasteiger partial charge in [-0.05, 0) is 36.4 Å². The van der Waals surface area contributed by atoms with Crippen molar-refractivity contribution in [1.29, 1.82) is 5.26 Å². The number of fused-ring (bicyclic) bond motifs is 1. The van der Waals surface area contributed by atoms with Crippen molar-refractivity contribution in [2.45, 2.75) is 11.9 Å². The van der Waals surface area contributed by atoms with E-state index < -0.39 is 9.84 Å². The topological polar surface area (TPSA) is 131 Å². The third-order valence-electron chi connectivity index (χ3n) is 5.32. The van der Waals surface area contributed by atoms with E-state index in [1.54, 1.807) is 49.5 Å². The Kier molecular flexibility index (Phi) is 6.06. The zero-order chi connectivity index (χ0) is 25.1. The number of hydrogen-bond donors (Lipinski definition) is 1. The molecule has 0 aliphatic heterocycles. The molecular formula is C26H19N5O4S. The molecule has 2 aromatic carbocycles. The van der Waals surface area contributed by atoms with Gasteiger partial charge >= 0.3 is 0 Å². The summed E-state index contributed by atoms with van der Waals surface area (Å²) in [6.45, 7) is 1.56. The van der Waals surface area contributed by atoms with Gasteiger partial charge in [0, 0.05) is 18.3 Å². The number of aromatic nitrogens is 4. The molecule has 0 spiro atoms.